The summed E-state index contributed by atoms with van der Waals surface area (Å²) in [5.74, 6) is 0. The van der Waals surface area contributed by atoms with E-state index in [0.29, 0.717) is 5.56 Å². The highest BCUT2D eigenvalue weighted by Crippen LogP contribution is 2.21. The fraction of sp³-hybridized carbons (Fsp3) is 0.462. The molecule has 19 heavy (non-hydrogen) atoms. The third kappa shape index (κ3) is 2.95. The Balaban J connectivity index is 2.21. The van der Waals surface area contributed by atoms with Crippen LogP contribution in [0.15, 0.2) is 29.2 Å². The number of rotatable bonds is 3. The van der Waals surface area contributed by atoms with Gasteiger partial charge in [0.1, 0.15) is 0 Å². The number of nitriles is 1. The van der Waals surface area contributed by atoms with Gasteiger partial charge in [0, 0.05) is 11.6 Å². The molecular formula is C13H17N3O2S. The molecule has 102 valence electrons. The minimum atomic E-state index is -3.54. The first-order chi connectivity index (χ1) is 8.85. The number of hydrogen-bond donors (Lipinski definition) is 2. The topological polar surface area (TPSA) is 82.0 Å². The molecule has 0 aromatic heterocycles. The van der Waals surface area contributed by atoms with Gasteiger partial charge >= 0.3 is 0 Å². The van der Waals surface area contributed by atoms with Crippen molar-refractivity contribution < 1.29 is 8.42 Å². The fourth-order valence-electron chi connectivity index (χ4n) is 2.19. The fourth-order valence-corrected chi connectivity index (χ4v) is 3.61. The lowest BCUT2D eigenvalue weighted by Gasteiger charge is -2.27. The van der Waals surface area contributed by atoms with Crippen LogP contribution in [0.3, 0.4) is 0 Å². The van der Waals surface area contributed by atoms with E-state index in [1.54, 1.807) is 0 Å². The van der Waals surface area contributed by atoms with Crippen LogP contribution in [0, 0.1) is 11.3 Å². The summed E-state index contributed by atoms with van der Waals surface area (Å²) in [6.07, 6.45) is 0.766. The zero-order valence-electron chi connectivity index (χ0n) is 11.0. The molecule has 5 nitrogen and oxygen atoms in total. The van der Waals surface area contributed by atoms with Gasteiger partial charge in [-0.15, -0.1) is 0 Å². The lowest BCUT2D eigenvalue weighted by molar-refractivity contribution is 0.385. The Morgan fingerprint density at radius 1 is 1.37 bits per heavy atom. The minimum absolute atomic E-state index is 0.131. The first kappa shape index (κ1) is 14.0. The predicted molar refractivity (Wildman–Crippen MR) is 72.0 cm³/mol. The lowest BCUT2D eigenvalue weighted by Crippen LogP contribution is -2.50. The highest BCUT2D eigenvalue weighted by Gasteiger charge is 2.36. The number of hydrogen-bond acceptors (Lipinski definition) is 4. The van der Waals surface area contributed by atoms with Crippen molar-refractivity contribution in [3.8, 4) is 6.07 Å². The van der Waals surface area contributed by atoms with Gasteiger partial charge < -0.3 is 5.32 Å². The molecule has 0 aliphatic carbocycles. The van der Waals surface area contributed by atoms with E-state index in [-0.39, 0.29) is 16.5 Å². The molecule has 1 aliphatic heterocycles. The maximum absolute atomic E-state index is 12.3. The molecule has 0 bridgehead atoms. The third-order valence-electron chi connectivity index (χ3n) is 3.48. The van der Waals surface area contributed by atoms with Crippen molar-refractivity contribution in [3.05, 3.63) is 29.8 Å². The van der Waals surface area contributed by atoms with Crippen molar-refractivity contribution in [2.24, 2.45) is 0 Å². The molecule has 0 unspecified atom stereocenters. The van der Waals surface area contributed by atoms with Crippen LogP contribution in [0.25, 0.3) is 0 Å². The number of sulfonamides is 1. The normalized spacial score (nSPS) is 22.1. The second-order valence-electron chi connectivity index (χ2n) is 5.25. The molecule has 1 saturated heterocycles. The summed E-state index contributed by atoms with van der Waals surface area (Å²) in [5.41, 5.74) is 0.196. The quantitative estimate of drug-likeness (QED) is 0.864. The Hall–Kier alpha value is -1.42. The van der Waals surface area contributed by atoms with Crippen LogP contribution in [0.2, 0.25) is 0 Å². The molecule has 1 fully saturated rings. The van der Waals surface area contributed by atoms with Crippen LogP contribution in [0.1, 0.15) is 25.8 Å². The number of nitrogens with zero attached hydrogens (tertiary/aromatic N) is 1. The van der Waals surface area contributed by atoms with E-state index < -0.39 is 10.0 Å². The number of nitrogens with one attached hydrogen (secondary N) is 2. The molecule has 1 aromatic carbocycles. The molecule has 0 amide bonds. The van der Waals surface area contributed by atoms with Gasteiger partial charge in [0.2, 0.25) is 10.0 Å². The van der Waals surface area contributed by atoms with Crippen molar-refractivity contribution in [3.63, 3.8) is 0 Å². The van der Waals surface area contributed by atoms with Crippen molar-refractivity contribution in [1.82, 2.24) is 10.0 Å². The van der Waals surface area contributed by atoms with E-state index in [4.69, 9.17) is 5.26 Å². The van der Waals surface area contributed by atoms with Gasteiger partial charge in [-0.25, -0.2) is 13.1 Å². The molecule has 1 aromatic rings. The summed E-state index contributed by atoms with van der Waals surface area (Å²) < 4.78 is 27.2. The van der Waals surface area contributed by atoms with Crippen LogP contribution in [-0.4, -0.2) is 26.5 Å². The van der Waals surface area contributed by atoms with E-state index in [0.717, 1.165) is 13.0 Å². The molecule has 0 spiro atoms. The van der Waals surface area contributed by atoms with Gasteiger partial charge in [-0.3, -0.25) is 0 Å². The summed E-state index contributed by atoms with van der Waals surface area (Å²) in [5, 5.41) is 12.0. The van der Waals surface area contributed by atoms with E-state index in [9.17, 15) is 8.42 Å². The zero-order chi connectivity index (χ0) is 14.1. The van der Waals surface area contributed by atoms with Crippen molar-refractivity contribution in [2.45, 2.75) is 36.7 Å². The van der Waals surface area contributed by atoms with Gasteiger partial charge in [0.15, 0.2) is 0 Å². The molecule has 2 rings (SSSR count). The largest absolute Gasteiger partial charge is 0.310 e. The first-order valence-electron chi connectivity index (χ1n) is 6.13. The summed E-state index contributed by atoms with van der Waals surface area (Å²) in [4.78, 5) is 0.189. The molecule has 2 N–H and O–H groups in total. The average molecular weight is 279 g/mol. The molecule has 6 heteroatoms. The smallest absolute Gasteiger partial charge is 0.240 e. The summed E-state index contributed by atoms with van der Waals surface area (Å²) in [6.45, 7) is 4.76. The Morgan fingerprint density at radius 3 is 2.47 bits per heavy atom. The van der Waals surface area contributed by atoms with E-state index in [1.165, 1.54) is 24.3 Å². The monoisotopic (exact) mass is 279 g/mol. The van der Waals surface area contributed by atoms with Crippen LogP contribution < -0.4 is 10.0 Å². The van der Waals surface area contributed by atoms with E-state index >= 15 is 0 Å². The Kier molecular flexibility index (Phi) is 3.63. The third-order valence-corrected chi connectivity index (χ3v) is 4.96. The summed E-state index contributed by atoms with van der Waals surface area (Å²) in [7, 11) is -3.54. The Labute approximate surface area is 113 Å². The lowest BCUT2D eigenvalue weighted by atomic mass is 9.98. The van der Waals surface area contributed by atoms with E-state index in [2.05, 4.69) is 10.0 Å². The standard InChI is InChI=1S/C13H17N3O2S/c1-13(2)12(7-8-15-13)16-19(17,18)11-5-3-10(9-14)4-6-11/h3-6,12,15-16H,7-8H2,1-2H3/t12-/m1/s1. The highest BCUT2D eigenvalue weighted by atomic mass is 32.2. The molecule has 1 heterocycles. The van der Waals surface area contributed by atoms with Gasteiger partial charge in [0.05, 0.1) is 16.5 Å². The zero-order valence-corrected chi connectivity index (χ0v) is 11.8. The number of benzene rings is 1. The molecule has 1 aliphatic rings. The van der Waals surface area contributed by atoms with E-state index in [1.807, 2.05) is 19.9 Å². The van der Waals surface area contributed by atoms with Gasteiger partial charge in [-0.2, -0.15) is 5.26 Å². The Morgan fingerprint density at radius 2 is 2.00 bits per heavy atom. The molecule has 1 atom stereocenters. The maximum Gasteiger partial charge on any atom is 0.240 e. The Bertz CT molecular complexity index is 600. The first-order valence-corrected chi connectivity index (χ1v) is 7.61. The highest BCUT2D eigenvalue weighted by molar-refractivity contribution is 7.89. The van der Waals surface area contributed by atoms with Crippen LogP contribution >= 0.6 is 0 Å². The van der Waals surface area contributed by atoms with Crippen LogP contribution in [-0.2, 0) is 10.0 Å². The predicted octanol–water partition coefficient (Wildman–Crippen LogP) is 0.977. The van der Waals surface area contributed by atoms with Gasteiger partial charge in [-0.1, -0.05) is 0 Å². The van der Waals surface area contributed by atoms with Crippen LogP contribution in [0.4, 0.5) is 0 Å². The van der Waals surface area contributed by atoms with Crippen LogP contribution in [0.5, 0.6) is 0 Å². The molecule has 0 radical (unpaired) electrons. The summed E-state index contributed by atoms with van der Waals surface area (Å²) in [6, 6.07) is 7.76. The van der Waals surface area contributed by atoms with Crippen molar-refractivity contribution in [2.75, 3.05) is 6.54 Å². The maximum atomic E-state index is 12.3. The summed E-state index contributed by atoms with van der Waals surface area (Å²) >= 11 is 0. The van der Waals surface area contributed by atoms with Crippen molar-refractivity contribution in [1.29, 1.82) is 5.26 Å². The van der Waals surface area contributed by atoms with Gasteiger partial charge in [0.25, 0.3) is 0 Å². The molecular weight excluding hydrogens is 262 g/mol. The second kappa shape index (κ2) is 4.93. The average Bonchev–Trinajstić information content (AvgIpc) is 2.68. The SMILES string of the molecule is CC1(C)NCC[C@H]1NS(=O)(=O)c1ccc(C#N)cc1. The molecule has 0 saturated carbocycles. The minimum Gasteiger partial charge on any atom is -0.310 e. The second-order valence-corrected chi connectivity index (χ2v) is 6.96. The van der Waals surface area contributed by atoms with Crippen molar-refractivity contribution >= 4 is 10.0 Å². The van der Waals surface area contributed by atoms with Gasteiger partial charge in [-0.05, 0) is 51.1 Å².